The minimum atomic E-state index is -0.854. The largest absolute Gasteiger partial charge is 0.481 e. The van der Waals surface area contributed by atoms with Crippen LogP contribution in [0.15, 0.2) is 29.3 Å². The van der Waals surface area contributed by atoms with Crippen LogP contribution in [0.5, 0.6) is 0 Å². The molecule has 0 radical (unpaired) electrons. The van der Waals surface area contributed by atoms with Crippen LogP contribution in [0.2, 0.25) is 0 Å². The summed E-state index contributed by atoms with van der Waals surface area (Å²) in [6.07, 6.45) is 5.18. The van der Waals surface area contributed by atoms with Crippen molar-refractivity contribution in [2.45, 2.75) is 26.2 Å². The van der Waals surface area contributed by atoms with Crippen molar-refractivity contribution in [2.75, 3.05) is 13.1 Å². The van der Waals surface area contributed by atoms with E-state index >= 15 is 0 Å². The van der Waals surface area contributed by atoms with Crippen LogP contribution >= 0.6 is 0 Å². The molecule has 1 N–H and O–H groups in total. The standard InChI is InChI=1S/C18H19N3O4/c1-11-4-6-21-14(7-11)19-8-13(16(21)23)15(22)20-9-12-3-2-5-18(12,10-20)17(24)25/h4,6-8,12H,2-3,5,9-10H2,1H3,(H,24,25)/t12-,18+/m0/s1. The van der Waals surface area contributed by atoms with Gasteiger partial charge in [0.2, 0.25) is 0 Å². The van der Waals surface area contributed by atoms with Crippen molar-refractivity contribution in [1.82, 2.24) is 14.3 Å². The smallest absolute Gasteiger partial charge is 0.311 e. The van der Waals surface area contributed by atoms with Crippen LogP contribution in [0.25, 0.3) is 5.65 Å². The third-order valence-corrected chi connectivity index (χ3v) is 5.68. The van der Waals surface area contributed by atoms with E-state index in [1.807, 2.05) is 6.92 Å². The molecule has 1 saturated carbocycles. The number of fused-ring (bicyclic) bond motifs is 2. The van der Waals surface area contributed by atoms with Crippen LogP contribution in [-0.2, 0) is 4.79 Å². The fourth-order valence-electron chi connectivity index (χ4n) is 4.29. The molecule has 2 aliphatic rings. The van der Waals surface area contributed by atoms with Gasteiger partial charge >= 0.3 is 5.97 Å². The second kappa shape index (κ2) is 5.40. The predicted molar refractivity (Wildman–Crippen MR) is 89.5 cm³/mol. The van der Waals surface area contributed by atoms with Crippen molar-refractivity contribution in [3.05, 3.63) is 46.0 Å². The van der Waals surface area contributed by atoms with Gasteiger partial charge in [-0.2, -0.15) is 0 Å². The summed E-state index contributed by atoms with van der Waals surface area (Å²) in [5, 5.41) is 9.65. The second-order valence-corrected chi connectivity index (χ2v) is 7.15. The van der Waals surface area contributed by atoms with Gasteiger partial charge in [-0.15, -0.1) is 0 Å². The average molecular weight is 341 g/mol. The molecule has 2 aromatic heterocycles. The Bertz CT molecular complexity index is 951. The lowest BCUT2D eigenvalue weighted by molar-refractivity contribution is -0.149. The third kappa shape index (κ3) is 2.26. The molecule has 7 nitrogen and oxygen atoms in total. The van der Waals surface area contributed by atoms with Gasteiger partial charge in [0.25, 0.3) is 11.5 Å². The highest BCUT2D eigenvalue weighted by Gasteiger charge is 2.56. The molecule has 2 fully saturated rings. The molecular weight excluding hydrogens is 322 g/mol. The molecule has 25 heavy (non-hydrogen) atoms. The van der Waals surface area contributed by atoms with Gasteiger partial charge < -0.3 is 10.0 Å². The Labute approximate surface area is 143 Å². The fraction of sp³-hybridized carbons (Fsp3) is 0.444. The molecule has 1 amide bonds. The minimum absolute atomic E-state index is 0.0122. The summed E-state index contributed by atoms with van der Waals surface area (Å²) in [5.41, 5.74) is 0.176. The highest BCUT2D eigenvalue weighted by atomic mass is 16.4. The van der Waals surface area contributed by atoms with E-state index in [2.05, 4.69) is 4.98 Å². The summed E-state index contributed by atoms with van der Waals surface area (Å²) < 4.78 is 1.35. The van der Waals surface area contributed by atoms with E-state index in [0.717, 1.165) is 18.4 Å². The van der Waals surface area contributed by atoms with Gasteiger partial charge in [0, 0.05) is 25.5 Å². The van der Waals surface area contributed by atoms with Crippen LogP contribution in [-0.4, -0.2) is 44.4 Å². The highest BCUT2D eigenvalue weighted by molar-refractivity contribution is 5.94. The average Bonchev–Trinajstić information content (AvgIpc) is 3.12. The van der Waals surface area contributed by atoms with E-state index < -0.39 is 22.9 Å². The van der Waals surface area contributed by atoms with Crippen molar-refractivity contribution in [3.63, 3.8) is 0 Å². The Morgan fingerprint density at radius 3 is 2.92 bits per heavy atom. The van der Waals surface area contributed by atoms with E-state index in [-0.39, 0.29) is 18.0 Å². The lowest BCUT2D eigenvalue weighted by atomic mass is 9.81. The van der Waals surface area contributed by atoms with E-state index in [4.69, 9.17) is 0 Å². The lowest BCUT2D eigenvalue weighted by Crippen LogP contribution is -2.39. The molecule has 2 aromatic rings. The number of carboxylic acids is 1. The van der Waals surface area contributed by atoms with Gasteiger partial charge in [-0.3, -0.25) is 18.8 Å². The van der Waals surface area contributed by atoms with Gasteiger partial charge in [0.15, 0.2) is 0 Å². The summed E-state index contributed by atoms with van der Waals surface area (Å²) in [6, 6.07) is 3.55. The topological polar surface area (TPSA) is 92.0 Å². The van der Waals surface area contributed by atoms with Crippen molar-refractivity contribution < 1.29 is 14.7 Å². The van der Waals surface area contributed by atoms with Gasteiger partial charge in [-0.1, -0.05) is 6.42 Å². The Morgan fingerprint density at radius 1 is 1.40 bits per heavy atom. The number of hydrogen-bond acceptors (Lipinski definition) is 4. The molecule has 7 heteroatoms. The van der Waals surface area contributed by atoms with Gasteiger partial charge in [-0.05, 0) is 43.4 Å². The third-order valence-electron chi connectivity index (χ3n) is 5.68. The molecule has 0 bridgehead atoms. The fourth-order valence-corrected chi connectivity index (χ4v) is 4.29. The summed E-state index contributed by atoms with van der Waals surface area (Å²) in [4.78, 5) is 43.0. The minimum Gasteiger partial charge on any atom is -0.481 e. The number of carboxylic acid groups (broad SMARTS) is 1. The molecular formula is C18H19N3O4. The first kappa shape index (κ1) is 15.8. The molecule has 130 valence electrons. The van der Waals surface area contributed by atoms with Gasteiger partial charge in [0.1, 0.15) is 11.2 Å². The first-order chi connectivity index (χ1) is 11.9. The Morgan fingerprint density at radius 2 is 2.20 bits per heavy atom. The SMILES string of the molecule is Cc1ccn2c(=O)c(C(=O)N3C[C@@H]4CCC[C@@]4(C(=O)O)C3)cnc2c1. The first-order valence-corrected chi connectivity index (χ1v) is 8.43. The molecule has 1 saturated heterocycles. The van der Waals surface area contributed by atoms with Crippen LogP contribution < -0.4 is 5.56 Å². The number of carbonyl (C=O) groups excluding carboxylic acids is 1. The lowest BCUT2D eigenvalue weighted by Gasteiger charge is -2.23. The molecule has 4 rings (SSSR count). The summed E-state index contributed by atoms with van der Waals surface area (Å²) >= 11 is 0. The number of aromatic nitrogens is 2. The van der Waals surface area contributed by atoms with E-state index in [1.54, 1.807) is 18.3 Å². The number of hydrogen-bond donors (Lipinski definition) is 1. The monoisotopic (exact) mass is 341 g/mol. The molecule has 0 unspecified atom stereocenters. The Kier molecular flexibility index (Phi) is 3.42. The van der Waals surface area contributed by atoms with E-state index in [0.29, 0.717) is 18.6 Å². The number of nitrogens with zero attached hydrogens (tertiary/aromatic N) is 3. The van der Waals surface area contributed by atoms with E-state index in [1.165, 1.54) is 15.5 Å². The van der Waals surface area contributed by atoms with Crippen molar-refractivity contribution in [3.8, 4) is 0 Å². The number of likely N-dealkylation sites (tertiary alicyclic amines) is 1. The van der Waals surface area contributed by atoms with Crippen molar-refractivity contribution in [2.24, 2.45) is 11.3 Å². The van der Waals surface area contributed by atoms with Crippen molar-refractivity contribution in [1.29, 1.82) is 0 Å². The van der Waals surface area contributed by atoms with E-state index in [9.17, 15) is 19.5 Å². The summed E-state index contributed by atoms with van der Waals surface area (Å²) in [6.45, 7) is 2.46. The highest BCUT2D eigenvalue weighted by Crippen LogP contribution is 2.49. The summed E-state index contributed by atoms with van der Waals surface area (Å²) in [5.74, 6) is -1.30. The quantitative estimate of drug-likeness (QED) is 0.890. The van der Waals surface area contributed by atoms with Gasteiger partial charge in [0.05, 0.1) is 5.41 Å². The zero-order chi connectivity index (χ0) is 17.8. The van der Waals surface area contributed by atoms with Gasteiger partial charge in [-0.25, -0.2) is 4.98 Å². The Hall–Kier alpha value is -2.70. The second-order valence-electron chi connectivity index (χ2n) is 7.15. The molecule has 1 aliphatic heterocycles. The zero-order valence-electron chi connectivity index (χ0n) is 13.9. The van der Waals surface area contributed by atoms with Crippen LogP contribution in [0.1, 0.15) is 35.2 Å². The Balaban J connectivity index is 1.70. The number of carbonyl (C=O) groups is 2. The normalized spacial score (nSPS) is 25.3. The molecule has 3 heterocycles. The molecule has 0 spiro atoms. The maximum atomic E-state index is 12.9. The zero-order valence-corrected chi connectivity index (χ0v) is 13.9. The number of pyridine rings is 1. The molecule has 1 aliphatic carbocycles. The van der Waals surface area contributed by atoms with Crippen LogP contribution in [0.3, 0.4) is 0 Å². The van der Waals surface area contributed by atoms with Crippen LogP contribution in [0, 0.1) is 18.3 Å². The maximum Gasteiger partial charge on any atom is 0.311 e. The molecule has 2 atom stereocenters. The van der Waals surface area contributed by atoms with Crippen LogP contribution in [0.4, 0.5) is 0 Å². The number of amides is 1. The number of aliphatic carboxylic acids is 1. The maximum absolute atomic E-state index is 12.9. The first-order valence-electron chi connectivity index (χ1n) is 8.43. The summed E-state index contributed by atoms with van der Waals surface area (Å²) in [7, 11) is 0. The van der Waals surface area contributed by atoms with Crippen molar-refractivity contribution >= 4 is 17.5 Å². The predicted octanol–water partition coefficient (Wildman–Crippen LogP) is 1.33. The number of aryl methyl sites for hydroxylation is 1. The number of rotatable bonds is 2. The molecule has 0 aromatic carbocycles.